The molecule has 0 atom stereocenters. The maximum Gasteiger partial charge on any atom is 0.416 e. The summed E-state index contributed by atoms with van der Waals surface area (Å²) in [4.78, 5) is 4.32. The minimum atomic E-state index is -4.39. The summed E-state index contributed by atoms with van der Waals surface area (Å²) in [6.07, 6.45) is -3.14. The minimum Gasteiger partial charge on any atom is -0.218 e. The number of alkyl halides is 4. The van der Waals surface area contributed by atoms with Crippen molar-refractivity contribution >= 4 is 15.9 Å². The molecule has 0 unspecified atom stereocenters. The van der Waals surface area contributed by atoms with Gasteiger partial charge in [-0.2, -0.15) is 18.3 Å². The van der Waals surface area contributed by atoms with Crippen molar-refractivity contribution in [1.29, 1.82) is 0 Å². The van der Waals surface area contributed by atoms with Crippen LogP contribution in [-0.2, 0) is 24.3 Å². The first-order chi connectivity index (χ1) is 9.90. The predicted molar refractivity (Wildman–Crippen MR) is 77.7 cm³/mol. The lowest BCUT2D eigenvalue weighted by Crippen LogP contribution is -2.11. The molecule has 0 saturated heterocycles. The van der Waals surface area contributed by atoms with Gasteiger partial charge in [0.1, 0.15) is 5.82 Å². The van der Waals surface area contributed by atoms with Gasteiger partial charge >= 0.3 is 6.18 Å². The van der Waals surface area contributed by atoms with E-state index in [0.717, 1.165) is 6.07 Å². The van der Waals surface area contributed by atoms with Crippen molar-refractivity contribution in [2.75, 3.05) is 0 Å². The van der Waals surface area contributed by atoms with Gasteiger partial charge in [0.15, 0.2) is 5.82 Å². The van der Waals surface area contributed by atoms with Crippen molar-refractivity contribution < 1.29 is 13.2 Å². The molecule has 1 aromatic carbocycles. The molecule has 0 aliphatic rings. The van der Waals surface area contributed by atoms with Crippen LogP contribution in [0.5, 0.6) is 0 Å². The van der Waals surface area contributed by atoms with Gasteiger partial charge in [0, 0.05) is 18.2 Å². The van der Waals surface area contributed by atoms with E-state index in [1.54, 1.807) is 6.07 Å². The molecule has 0 amide bonds. The zero-order valence-corrected chi connectivity index (χ0v) is 13.3. The summed E-state index contributed by atoms with van der Waals surface area (Å²) < 4.78 is 40.8. The smallest absolute Gasteiger partial charge is 0.218 e. The van der Waals surface area contributed by atoms with Gasteiger partial charge in [-0.25, -0.2) is 9.67 Å². The highest BCUT2D eigenvalue weighted by Gasteiger charge is 2.33. The van der Waals surface area contributed by atoms with Gasteiger partial charge in [-0.3, -0.25) is 0 Å². The van der Waals surface area contributed by atoms with Crippen molar-refractivity contribution in [3.8, 4) is 5.69 Å². The van der Waals surface area contributed by atoms with Crippen LogP contribution < -0.4 is 0 Å². The van der Waals surface area contributed by atoms with E-state index in [1.165, 1.54) is 10.7 Å². The number of hydrogen-bond acceptors (Lipinski definition) is 2. The second kappa shape index (κ2) is 6.17. The van der Waals surface area contributed by atoms with Gasteiger partial charge in [-0.1, -0.05) is 35.8 Å². The molecule has 0 N–H and O–H groups in total. The van der Waals surface area contributed by atoms with Crippen LogP contribution in [0.1, 0.15) is 36.6 Å². The first kappa shape index (κ1) is 16.0. The molecule has 1 heterocycles. The number of hydrogen-bond donors (Lipinski definition) is 0. The van der Waals surface area contributed by atoms with E-state index in [-0.39, 0.29) is 10.9 Å². The Bertz CT molecular complexity index is 635. The highest BCUT2D eigenvalue weighted by molar-refractivity contribution is 9.08. The van der Waals surface area contributed by atoms with Gasteiger partial charge in [0.05, 0.1) is 11.3 Å². The monoisotopic (exact) mass is 361 g/mol. The number of aryl methyl sites for hydroxylation is 2. The zero-order chi connectivity index (χ0) is 15.6. The Hall–Kier alpha value is -1.37. The molecule has 0 fully saturated rings. The van der Waals surface area contributed by atoms with Crippen molar-refractivity contribution in [1.82, 2.24) is 14.8 Å². The second-order valence-electron chi connectivity index (χ2n) is 4.54. The van der Waals surface area contributed by atoms with Crippen LogP contribution >= 0.6 is 15.9 Å². The number of nitrogens with zero attached hydrogens (tertiary/aromatic N) is 3. The van der Waals surface area contributed by atoms with Crippen molar-refractivity contribution in [2.45, 2.75) is 38.2 Å². The molecule has 2 rings (SSSR count). The summed E-state index contributed by atoms with van der Waals surface area (Å²) in [7, 11) is 0. The van der Waals surface area contributed by atoms with Crippen molar-refractivity contribution in [3.63, 3.8) is 0 Å². The lowest BCUT2D eigenvalue weighted by atomic mass is 10.1. The quantitative estimate of drug-likeness (QED) is 0.759. The van der Waals surface area contributed by atoms with Crippen LogP contribution in [0.3, 0.4) is 0 Å². The van der Waals surface area contributed by atoms with E-state index >= 15 is 0 Å². The molecule has 0 aliphatic carbocycles. The topological polar surface area (TPSA) is 30.7 Å². The molecule has 7 heteroatoms. The fraction of sp³-hybridized carbons (Fsp3) is 0.429. The fourth-order valence-electron chi connectivity index (χ4n) is 2.05. The summed E-state index contributed by atoms with van der Waals surface area (Å²) >= 11 is 3.09. The molecule has 0 bridgehead atoms. The molecule has 2 aromatic rings. The maximum atomic E-state index is 13.1. The number of aromatic nitrogens is 3. The second-order valence-corrected chi connectivity index (χ2v) is 5.10. The molecule has 0 radical (unpaired) electrons. The van der Waals surface area contributed by atoms with Crippen LogP contribution in [0.25, 0.3) is 5.69 Å². The molecule has 114 valence electrons. The van der Waals surface area contributed by atoms with Gasteiger partial charge in [0.25, 0.3) is 0 Å². The predicted octanol–water partition coefficient (Wildman–Crippen LogP) is 4.31. The summed E-state index contributed by atoms with van der Waals surface area (Å²) in [5, 5.41) is 4.43. The molecular formula is C14H15BrF3N3. The van der Waals surface area contributed by atoms with Crippen LogP contribution in [0.2, 0.25) is 0 Å². The lowest BCUT2D eigenvalue weighted by molar-refractivity contribution is -0.138. The third-order valence-electron chi connectivity index (χ3n) is 3.14. The lowest BCUT2D eigenvalue weighted by Gasteiger charge is -2.13. The van der Waals surface area contributed by atoms with E-state index in [2.05, 4.69) is 26.0 Å². The highest BCUT2D eigenvalue weighted by Crippen LogP contribution is 2.34. The zero-order valence-electron chi connectivity index (χ0n) is 11.7. The normalized spacial score (nSPS) is 11.9. The fourth-order valence-corrected chi connectivity index (χ4v) is 2.54. The number of benzene rings is 1. The van der Waals surface area contributed by atoms with Crippen LogP contribution in [0.4, 0.5) is 13.2 Å². The summed E-state index contributed by atoms with van der Waals surface area (Å²) in [6.45, 7) is 3.81. The third kappa shape index (κ3) is 3.28. The maximum absolute atomic E-state index is 13.1. The van der Waals surface area contributed by atoms with Crippen molar-refractivity contribution in [2.24, 2.45) is 0 Å². The first-order valence-corrected chi connectivity index (χ1v) is 7.74. The molecular weight excluding hydrogens is 347 g/mol. The Kier molecular flexibility index (Phi) is 4.70. The number of rotatable bonds is 4. The Morgan fingerprint density at radius 1 is 1.19 bits per heavy atom. The van der Waals surface area contributed by atoms with Gasteiger partial charge in [-0.05, 0) is 17.7 Å². The summed E-state index contributed by atoms with van der Waals surface area (Å²) in [5.41, 5.74) is -0.0521. The van der Waals surface area contributed by atoms with Crippen molar-refractivity contribution in [3.05, 3.63) is 41.0 Å². The summed E-state index contributed by atoms with van der Waals surface area (Å²) in [6, 6.07) is 4.24. The average Bonchev–Trinajstić information content (AvgIpc) is 2.89. The molecule has 0 aliphatic heterocycles. The molecule has 0 saturated carbocycles. The van der Waals surface area contributed by atoms with Gasteiger partial charge in [-0.15, -0.1) is 0 Å². The average molecular weight is 362 g/mol. The van der Waals surface area contributed by atoms with Crippen LogP contribution in [0, 0.1) is 0 Å². The summed E-state index contributed by atoms with van der Waals surface area (Å²) in [5.74, 6) is 1.29. The highest BCUT2D eigenvalue weighted by atomic mass is 79.9. The van der Waals surface area contributed by atoms with E-state index in [9.17, 15) is 13.2 Å². The Balaban J connectivity index is 2.57. The van der Waals surface area contributed by atoms with Gasteiger partial charge < -0.3 is 0 Å². The van der Waals surface area contributed by atoms with Crippen LogP contribution in [0.15, 0.2) is 18.2 Å². The van der Waals surface area contributed by atoms with E-state index in [1.807, 2.05) is 13.8 Å². The SMILES string of the molecule is CCc1nc(CC)n(-c2ccc(CBr)c(C(F)(F)F)c2)n1. The molecule has 21 heavy (non-hydrogen) atoms. The van der Waals surface area contributed by atoms with E-state index < -0.39 is 11.7 Å². The first-order valence-electron chi connectivity index (χ1n) is 6.62. The number of halogens is 4. The largest absolute Gasteiger partial charge is 0.416 e. The van der Waals surface area contributed by atoms with Gasteiger partial charge in [0.2, 0.25) is 0 Å². The Morgan fingerprint density at radius 2 is 1.90 bits per heavy atom. The van der Waals surface area contributed by atoms with E-state index in [0.29, 0.717) is 30.2 Å². The Morgan fingerprint density at radius 3 is 2.43 bits per heavy atom. The third-order valence-corrected chi connectivity index (χ3v) is 3.74. The van der Waals surface area contributed by atoms with Crippen LogP contribution in [-0.4, -0.2) is 14.8 Å². The minimum absolute atomic E-state index is 0.153. The molecule has 1 aromatic heterocycles. The standard InChI is InChI=1S/C14H15BrF3N3/c1-3-12-19-13(4-2)21(20-12)10-6-5-9(8-15)11(7-10)14(16,17)18/h5-7H,3-4,8H2,1-2H3. The Labute approximate surface area is 129 Å². The molecule has 3 nitrogen and oxygen atoms in total. The van der Waals surface area contributed by atoms with E-state index in [4.69, 9.17) is 0 Å². The molecule has 0 spiro atoms.